The second-order valence-electron chi connectivity index (χ2n) is 5.85. The number of benzene rings is 1. The van der Waals surface area contributed by atoms with Crippen LogP contribution in [0.15, 0.2) is 28.7 Å². The summed E-state index contributed by atoms with van der Waals surface area (Å²) in [6.45, 7) is 3.53. The highest BCUT2D eigenvalue weighted by Crippen LogP contribution is 2.25. The van der Waals surface area contributed by atoms with E-state index in [-0.39, 0.29) is 30.7 Å². The molecule has 0 spiro atoms. The number of hydrogen-bond donors (Lipinski definition) is 1. The molecule has 1 aromatic heterocycles. The lowest BCUT2D eigenvalue weighted by atomic mass is 10.0. The number of nitrogens with one attached hydrogen (secondary N) is 1. The molecule has 1 aromatic carbocycles. The Morgan fingerprint density at radius 1 is 1.33 bits per heavy atom. The van der Waals surface area contributed by atoms with Gasteiger partial charge in [0, 0.05) is 34.7 Å². The van der Waals surface area contributed by atoms with Crippen LogP contribution >= 0.6 is 40.7 Å². The predicted octanol–water partition coefficient (Wildman–Crippen LogP) is 3.97. The van der Waals surface area contributed by atoms with E-state index in [1.807, 2.05) is 43.1 Å². The lowest BCUT2D eigenvalue weighted by molar-refractivity contribution is 0.0700. The maximum atomic E-state index is 13.0. The van der Waals surface area contributed by atoms with E-state index >= 15 is 0 Å². The van der Waals surface area contributed by atoms with Crippen LogP contribution in [0.3, 0.4) is 0 Å². The minimum Gasteiger partial charge on any atom is -0.337 e. The Labute approximate surface area is 163 Å². The van der Waals surface area contributed by atoms with Gasteiger partial charge >= 0.3 is 0 Å². The third kappa shape index (κ3) is 4.39. The minimum absolute atomic E-state index is 0. The van der Waals surface area contributed by atoms with Crippen LogP contribution in [-0.2, 0) is 0 Å². The van der Waals surface area contributed by atoms with Gasteiger partial charge in [-0.25, -0.2) is 0 Å². The second-order valence-corrected chi connectivity index (χ2v) is 6.77. The van der Waals surface area contributed by atoms with Gasteiger partial charge in [0.2, 0.25) is 0 Å². The molecule has 0 radical (unpaired) electrons. The lowest BCUT2D eigenvalue weighted by Crippen LogP contribution is -2.47. The van der Waals surface area contributed by atoms with Gasteiger partial charge < -0.3 is 10.2 Å². The smallest absolute Gasteiger partial charge is 0.254 e. The first-order chi connectivity index (χ1) is 10.6. The van der Waals surface area contributed by atoms with Crippen LogP contribution in [-0.4, -0.2) is 42.0 Å². The minimum atomic E-state index is 0. The van der Waals surface area contributed by atoms with Crippen molar-refractivity contribution < 1.29 is 4.79 Å². The summed E-state index contributed by atoms with van der Waals surface area (Å²) in [6, 6.07) is 8.18. The first-order valence-electron chi connectivity index (χ1n) is 7.62. The molecule has 3 rings (SSSR count). The van der Waals surface area contributed by atoms with Gasteiger partial charge in [-0.2, -0.15) is 0 Å². The van der Waals surface area contributed by atoms with Crippen molar-refractivity contribution in [1.29, 1.82) is 0 Å². The zero-order chi connectivity index (χ0) is 15.7. The highest BCUT2D eigenvalue weighted by Gasteiger charge is 2.25. The van der Waals surface area contributed by atoms with Gasteiger partial charge in [-0.15, -0.1) is 24.8 Å². The van der Waals surface area contributed by atoms with Crippen LogP contribution in [0, 0.1) is 6.92 Å². The van der Waals surface area contributed by atoms with Gasteiger partial charge in [-0.05, 0) is 51.1 Å². The molecule has 7 heteroatoms. The van der Waals surface area contributed by atoms with E-state index in [9.17, 15) is 4.79 Å². The molecule has 132 valence electrons. The van der Waals surface area contributed by atoms with Crippen LogP contribution in [0.2, 0.25) is 0 Å². The van der Waals surface area contributed by atoms with E-state index in [4.69, 9.17) is 0 Å². The Balaban J connectivity index is 0.00000144. The summed E-state index contributed by atoms with van der Waals surface area (Å²) in [5.74, 6) is 0.105. The van der Waals surface area contributed by atoms with Gasteiger partial charge in [0.05, 0.1) is 11.1 Å². The van der Waals surface area contributed by atoms with Gasteiger partial charge in [-0.3, -0.25) is 9.78 Å². The number of hydrogen-bond acceptors (Lipinski definition) is 3. The number of nitrogens with zero attached hydrogens (tertiary/aromatic N) is 2. The molecule has 1 fully saturated rings. The Kier molecular flexibility index (Phi) is 7.93. The number of likely N-dealkylation sites (tertiary alicyclic amines) is 1. The molecule has 1 amide bonds. The van der Waals surface area contributed by atoms with Crippen LogP contribution in [0.1, 0.15) is 28.9 Å². The molecule has 24 heavy (non-hydrogen) atoms. The molecule has 0 saturated carbocycles. The van der Waals surface area contributed by atoms with Crippen LogP contribution in [0.4, 0.5) is 0 Å². The Morgan fingerprint density at radius 3 is 2.79 bits per heavy atom. The van der Waals surface area contributed by atoms with Gasteiger partial charge in [0.15, 0.2) is 0 Å². The van der Waals surface area contributed by atoms with E-state index < -0.39 is 0 Å². The van der Waals surface area contributed by atoms with Gasteiger partial charge in [-0.1, -0.05) is 15.9 Å². The third-order valence-corrected chi connectivity index (χ3v) is 4.74. The lowest BCUT2D eigenvalue weighted by Gasteiger charge is -2.33. The topological polar surface area (TPSA) is 45.2 Å². The average Bonchev–Trinajstić information content (AvgIpc) is 2.54. The molecule has 1 aliphatic rings. The number of piperidine rings is 1. The fourth-order valence-electron chi connectivity index (χ4n) is 3.07. The molecule has 1 N–H and O–H groups in total. The summed E-state index contributed by atoms with van der Waals surface area (Å²) in [6.07, 6.45) is 2.17. The molecular formula is C17H22BrCl2N3O. The molecule has 1 unspecified atom stereocenters. The van der Waals surface area contributed by atoms with Crippen LogP contribution < -0.4 is 5.32 Å². The number of pyridine rings is 1. The van der Waals surface area contributed by atoms with Crippen molar-refractivity contribution in [2.75, 3.05) is 20.1 Å². The molecule has 0 bridgehead atoms. The molecular weight excluding hydrogens is 413 g/mol. The maximum absolute atomic E-state index is 13.0. The molecule has 4 nitrogen and oxygen atoms in total. The quantitative estimate of drug-likeness (QED) is 0.777. The van der Waals surface area contributed by atoms with Crippen LogP contribution in [0.5, 0.6) is 0 Å². The molecule has 2 aromatic rings. The second kappa shape index (κ2) is 8.99. The van der Waals surface area contributed by atoms with E-state index in [0.29, 0.717) is 6.04 Å². The normalized spacial score (nSPS) is 17.1. The predicted molar refractivity (Wildman–Crippen MR) is 107 cm³/mol. The number of amides is 1. The summed E-state index contributed by atoms with van der Waals surface area (Å²) >= 11 is 3.49. The zero-order valence-electron chi connectivity index (χ0n) is 13.7. The van der Waals surface area contributed by atoms with Crippen molar-refractivity contribution in [3.05, 3.63) is 40.0 Å². The third-order valence-electron chi connectivity index (χ3n) is 4.25. The Hall–Kier alpha value is -0.880. The van der Waals surface area contributed by atoms with Crippen molar-refractivity contribution in [1.82, 2.24) is 15.2 Å². The Bertz CT molecular complexity index is 726. The van der Waals surface area contributed by atoms with Gasteiger partial charge in [0.1, 0.15) is 0 Å². The summed E-state index contributed by atoms with van der Waals surface area (Å²) in [4.78, 5) is 19.5. The molecule has 1 atom stereocenters. The monoisotopic (exact) mass is 433 g/mol. The molecule has 2 heterocycles. The maximum Gasteiger partial charge on any atom is 0.254 e. The van der Waals surface area contributed by atoms with E-state index in [2.05, 4.69) is 26.2 Å². The highest BCUT2D eigenvalue weighted by molar-refractivity contribution is 9.10. The fourth-order valence-corrected chi connectivity index (χ4v) is 3.44. The summed E-state index contributed by atoms with van der Waals surface area (Å²) in [5.41, 5.74) is 2.50. The first-order valence-corrected chi connectivity index (χ1v) is 8.41. The van der Waals surface area contributed by atoms with Crippen molar-refractivity contribution in [3.8, 4) is 0 Å². The zero-order valence-corrected chi connectivity index (χ0v) is 16.9. The number of aromatic nitrogens is 1. The van der Waals surface area contributed by atoms with E-state index in [1.54, 1.807) is 0 Å². The van der Waals surface area contributed by atoms with E-state index in [1.165, 1.54) is 0 Å². The largest absolute Gasteiger partial charge is 0.337 e. The molecule has 1 saturated heterocycles. The standard InChI is InChI=1S/C17H20BrN3O.2ClH/c1-11-8-15(14-9-12(18)5-6-16(14)20-11)17(22)21-7-3-4-13(10-21)19-2;;/h5-6,8-9,13,19H,3-4,7,10H2,1-2H3;2*1H. The number of fused-ring (bicyclic) bond motifs is 1. The molecule has 1 aliphatic heterocycles. The van der Waals surface area contributed by atoms with Crippen molar-refractivity contribution >= 4 is 57.6 Å². The molecule has 0 aliphatic carbocycles. The average molecular weight is 435 g/mol. The summed E-state index contributed by atoms with van der Waals surface area (Å²) < 4.78 is 0.964. The number of carbonyl (C=O) groups is 1. The number of rotatable bonds is 2. The summed E-state index contributed by atoms with van der Waals surface area (Å²) in [5, 5.41) is 4.20. The van der Waals surface area contributed by atoms with Crippen molar-refractivity contribution in [2.24, 2.45) is 0 Å². The summed E-state index contributed by atoms with van der Waals surface area (Å²) in [7, 11) is 1.96. The number of carbonyl (C=O) groups excluding carboxylic acids is 1. The highest BCUT2D eigenvalue weighted by atomic mass is 79.9. The van der Waals surface area contributed by atoms with Crippen molar-refractivity contribution in [2.45, 2.75) is 25.8 Å². The van der Waals surface area contributed by atoms with Gasteiger partial charge in [0.25, 0.3) is 5.91 Å². The number of halogens is 3. The number of aryl methyl sites for hydroxylation is 1. The Morgan fingerprint density at radius 2 is 2.08 bits per heavy atom. The van der Waals surface area contributed by atoms with Crippen LogP contribution in [0.25, 0.3) is 10.9 Å². The number of likely N-dealkylation sites (N-methyl/N-ethyl adjacent to an activating group) is 1. The first kappa shape index (κ1) is 21.2. The van der Waals surface area contributed by atoms with Crippen molar-refractivity contribution in [3.63, 3.8) is 0 Å². The SMILES string of the molecule is CNC1CCCN(C(=O)c2cc(C)nc3ccc(Br)cc23)C1.Cl.Cl. The van der Waals surface area contributed by atoms with E-state index in [0.717, 1.165) is 52.6 Å². The fraction of sp³-hybridized carbons (Fsp3) is 0.412.